The molecule has 1 aromatic rings. The first-order valence-electron chi connectivity index (χ1n) is 7.85. The summed E-state index contributed by atoms with van der Waals surface area (Å²) in [5, 5.41) is 3.69. The minimum Gasteiger partial charge on any atom is -0.312 e. The largest absolute Gasteiger partial charge is 0.312 e. The lowest BCUT2D eigenvalue weighted by atomic mass is 9.73. The lowest BCUT2D eigenvalue weighted by Crippen LogP contribution is -2.45. The third kappa shape index (κ3) is 4.94. The van der Waals surface area contributed by atoms with Crippen molar-refractivity contribution >= 4 is 0 Å². The van der Waals surface area contributed by atoms with Gasteiger partial charge in [-0.05, 0) is 69.1 Å². The van der Waals surface area contributed by atoms with Gasteiger partial charge in [0.25, 0.3) is 0 Å². The zero-order valence-corrected chi connectivity index (χ0v) is 14.7. The fourth-order valence-electron chi connectivity index (χ4n) is 2.32. The van der Waals surface area contributed by atoms with E-state index in [1.807, 2.05) is 0 Å². The van der Waals surface area contributed by atoms with E-state index in [0.717, 1.165) is 13.0 Å². The van der Waals surface area contributed by atoms with Gasteiger partial charge in [-0.15, -0.1) is 0 Å². The van der Waals surface area contributed by atoms with Gasteiger partial charge in [0.15, 0.2) is 0 Å². The molecule has 0 aliphatic rings. The van der Waals surface area contributed by atoms with Crippen molar-refractivity contribution in [3.8, 4) is 0 Å². The fourth-order valence-corrected chi connectivity index (χ4v) is 2.32. The molecule has 0 radical (unpaired) electrons. The molecule has 0 fully saturated rings. The van der Waals surface area contributed by atoms with Crippen LogP contribution in [0, 0.1) is 25.2 Å². The molecule has 0 saturated carbocycles. The fraction of sp³-hybridized carbons (Fsp3) is 0.684. The molecule has 1 atom stereocenters. The maximum absolute atomic E-state index is 3.69. The predicted octanol–water partition coefficient (Wildman–Crippen LogP) is 4.90. The second-order valence-corrected chi connectivity index (χ2v) is 8.01. The van der Waals surface area contributed by atoms with Crippen LogP contribution in [0.2, 0.25) is 0 Å². The third-order valence-electron chi connectivity index (χ3n) is 4.60. The smallest absolute Gasteiger partial charge is 0.00967 e. The third-order valence-corrected chi connectivity index (χ3v) is 4.60. The number of aryl methyl sites for hydroxylation is 2. The summed E-state index contributed by atoms with van der Waals surface area (Å²) < 4.78 is 0. The minimum atomic E-state index is 0.180. The number of rotatable bonds is 5. The number of nitrogens with one attached hydrogen (secondary N) is 1. The topological polar surface area (TPSA) is 12.0 Å². The first-order valence-corrected chi connectivity index (χ1v) is 7.85. The van der Waals surface area contributed by atoms with Gasteiger partial charge in [-0.2, -0.15) is 0 Å². The van der Waals surface area contributed by atoms with E-state index < -0.39 is 0 Å². The molecule has 1 unspecified atom stereocenters. The van der Waals surface area contributed by atoms with Crippen molar-refractivity contribution in [1.29, 1.82) is 0 Å². The minimum absolute atomic E-state index is 0.180. The molecule has 0 saturated heterocycles. The molecule has 1 rings (SSSR count). The Labute approximate surface area is 126 Å². The van der Waals surface area contributed by atoms with Gasteiger partial charge >= 0.3 is 0 Å². The molecule has 114 valence electrons. The lowest BCUT2D eigenvalue weighted by molar-refractivity contribution is 0.188. The van der Waals surface area contributed by atoms with E-state index in [-0.39, 0.29) is 11.0 Å². The highest BCUT2D eigenvalue weighted by Crippen LogP contribution is 2.31. The quantitative estimate of drug-likeness (QED) is 0.806. The molecule has 0 heterocycles. The Bertz CT molecular complexity index is 440. The molecule has 0 amide bonds. The van der Waals surface area contributed by atoms with Crippen LogP contribution in [0.5, 0.6) is 0 Å². The maximum Gasteiger partial charge on any atom is 0.00967 e. The average Bonchev–Trinajstić information content (AvgIpc) is 2.30. The summed E-state index contributed by atoms with van der Waals surface area (Å²) in [5.41, 5.74) is 4.71. The number of benzene rings is 1. The van der Waals surface area contributed by atoms with Crippen molar-refractivity contribution in [3.63, 3.8) is 0 Å². The molecule has 1 aromatic carbocycles. The van der Waals surface area contributed by atoms with Crippen LogP contribution in [-0.2, 0) is 6.42 Å². The normalized spacial score (nSPS) is 15.4. The van der Waals surface area contributed by atoms with Crippen LogP contribution in [0.1, 0.15) is 58.2 Å². The highest BCUT2D eigenvalue weighted by molar-refractivity contribution is 5.30. The zero-order valence-electron chi connectivity index (χ0n) is 14.7. The lowest BCUT2D eigenvalue weighted by Gasteiger charge is -2.37. The van der Waals surface area contributed by atoms with E-state index in [2.05, 4.69) is 78.9 Å². The number of hydrogen-bond acceptors (Lipinski definition) is 1. The summed E-state index contributed by atoms with van der Waals surface area (Å²) in [6.07, 6.45) is 1.13. The van der Waals surface area contributed by atoms with Gasteiger partial charge < -0.3 is 5.32 Å². The van der Waals surface area contributed by atoms with Crippen LogP contribution in [0.3, 0.4) is 0 Å². The Morgan fingerprint density at radius 3 is 2.05 bits per heavy atom. The van der Waals surface area contributed by atoms with Gasteiger partial charge in [0.1, 0.15) is 0 Å². The second kappa shape index (κ2) is 6.30. The summed E-state index contributed by atoms with van der Waals surface area (Å²) in [4.78, 5) is 0. The molecule has 1 heteroatoms. The van der Waals surface area contributed by atoms with Crippen LogP contribution in [0.4, 0.5) is 0 Å². The summed E-state index contributed by atoms with van der Waals surface area (Å²) in [7, 11) is 0. The van der Waals surface area contributed by atoms with E-state index in [1.165, 1.54) is 16.7 Å². The van der Waals surface area contributed by atoms with Crippen molar-refractivity contribution in [2.75, 3.05) is 6.54 Å². The standard InChI is InChI=1S/C19H33N/c1-14(2)19(8,13-20-18(5,6)7)12-17-10-9-15(3)16(4)11-17/h9-11,14,20H,12-13H2,1-8H3. The van der Waals surface area contributed by atoms with Crippen molar-refractivity contribution in [3.05, 3.63) is 34.9 Å². The van der Waals surface area contributed by atoms with Crippen LogP contribution in [0.15, 0.2) is 18.2 Å². The summed E-state index contributed by atoms with van der Waals surface area (Å²) in [6, 6.07) is 6.90. The summed E-state index contributed by atoms with van der Waals surface area (Å²) in [5.74, 6) is 0.652. The van der Waals surface area contributed by atoms with Gasteiger partial charge in [0.05, 0.1) is 0 Å². The van der Waals surface area contributed by atoms with E-state index in [4.69, 9.17) is 0 Å². The van der Waals surface area contributed by atoms with Crippen LogP contribution in [-0.4, -0.2) is 12.1 Å². The van der Waals surface area contributed by atoms with Crippen molar-refractivity contribution < 1.29 is 0 Å². The Kier molecular flexibility index (Phi) is 5.43. The molecule has 0 aliphatic heterocycles. The first kappa shape index (κ1) is 17.2. The highest BCUT2D eigenvalue weighted by Gasteiger charge is 2.30. The first-order chi connectivity index (χ1) is 9.03. The predicted molar refractivity (Wildman–Crippen MR) is 90.3 cm³/mol. The Balaban J connectivity index is 2.88. The molecule has 0 bridgehead atoms. The monoisotopic (exact) mass is 275 g/mol. The Morgan fingerprint density at radius 1 is 1.00 bits per heavy atom. The van der Waals surface area contributed by atoms with Crippen molar-refractivity contribution in [2.45, 2.75) is 67.3 Å². The average molecular weight is 275 g/mol. The Morgan fingerprint density at radius 2 is 1.60 bits per heavy atom. The van der Waals surface area contributed by atoms with E-state index in [0.29, 0.717) is 5.92 Å². The number of hydrogen-bond donors (Lipinski definition) is 1. The summed E-state index contributed by atoms with van der Waals surface area (Å²) in [6.45, 7) is 19.3. The van der Waals surface area contributed by atoms with Crippen LogP contribution >= 0.6 is 0 Å². The van der Waals surface area contributed by atoms with Gasteiger partial charge in [-0.1, -0.05) is 39.0 Å². The summed E-state index contributed by atoms with van der Waals surface area (Å²) >= 11 is 0. The van der Waals surface area contributed by atoms with Gasteiger partial charge in [-0.3, -0.25) is 0 Å². The second-order valence-electron chi connectivity index (χ2n) is 8.01. The Hall–Kier alpha value is -0.820. The molecule has 0 aromatic heterocycles. The van der Waals surface area contributed by atoms with Gasteiger partial charge in [0, 0.05) is 12.1 Å². The molecule has 1 nitrogen and oxygen atoms in total. The van der Waals surface area contributed by atoms with Crippen molar-refractivity contribution in [2.24, 2.45) is 11.3 Å². The van der Waals surface area contributed by atoms with Gasteiger partial charge in [-0.25, -0.2) is 0 Å². The van der Waals surface area contributed by atoms with E-state index in [9.17, 15) is 0 Å². The highest BCUT2D eigenvalue weighted by atomic mass is 15.0. The van der Waals surface area contributed by atoms with Crippen LogP contribution in [0.25, 0.3) is 0 Å². The van der Waals surface area contributed by atoms with E-state index in [1.54, 1.807) is 0 Å². The molecular weight excluding hydrogens is 242 g/mol. The molecule has 0 aliphatic carbocycles. The molecule has 1 N–H and O–H groups in total. The molecule has 20 heavy (non-hydrogen) atoms. The molecule has 0 spiro atoms. The SMILES string of the molecule is Cc1ccc(CC(C)(CNC(C)(C)C)C(C)C)cc1C. The van der Waals surface area contributed by atoms with Crippen LogP contribution < -0.4 is 5.32 Å². The molecular formula is C19H33N. The van der Waals surface area contributed by atoms with Crippen molar-refractivity contribution in [1.82, 2.24) is 5.32 Å². The van der Waals surface area contributed by atoms with E-state index >= 15 is 0 Å². The zero-order chi connectivity index (χ0) is 15.6. The van der Waals surface area contributed by atoms with Gasteiger partial charge in [0.2, 0.25) is 0 Å². The maximum atomic E-state index is 3.69.